The van der Waals surface area contributed by atoms with E-state index in [1.807, 2.05) is 47.0 Å². The van der Waals surface area contributed by atoms with E-state index in [2.05, 4.69) is 34.6 Å². The van der Waals surface area contributed by atoms with Crippen LogP contribution in [0.5, 0.6) is 0 Å². The fraction of sp³-hybridized carbons (Fsp3) is 0.286. The molecule has 0 aliphatic heterocycles. The molecule has 0 aliphatic carbocycles. The minimum absolute atomic E-state index is 0.0994. The molecule has 1 unspecified atom stereocenters. The highest BCUT2D eigenvalue weighted by atomic mass is 15.3. The summed E-state index contributed by atoms with van der Waals surface area (Å²) < 4.78 is 3.90. The van der Waals surface area contributed by atoms with Gasteiger partial charge < -0.3 is 5.32 Å². The Hall–Kier alpha value is -2.14. The van der Waals surface area contributed by atoms with E-state index in [1.165, 1.54) is 5.56 Å². The fourth-order valence-electron chi connectivity index (χ4n) is 2.49. The van der Waals surface area contributed by atoms with Gasteiger partial charge in [0.2, 0.25) is 0 Å². The van der Waals surface area contributed by atoms with Crippen molar-refractivity contribution in [1.29, 1.82) is 0 Å². The van der Waals surface area contributed by atoms with Crippen molar-refractivity contribution in [3.63, 3.8) is 0 Å². The summed E-state index contributed by atoms with van der Waals surface area (Å²) >= 11 is 0. The highest BCUT2D eigenvalue weighted by Crippen LogP contribution is 2.25. The molecular formula is C14H17N5. The van der Waals surface area contributed by atoms with Crippen LogP contribution in [-0.4, -0.2) is 26.4 Å². The molecule has 3 heterocycles. The predicted molar refractivity (Wildman–Crippen MR) is 74.0 cm³/mol. The van der Waals surface area contributed by atoms with E-state index in [0.717, 1.165) is 17.8 Å². The summed E-state index contributed by atoms with van der Waals surface area (Å²) in [6, 6.07) is 8.25. The molecule has 3 aromatic heterocycles. The molecule has 5 heteroatoms. The zero-order valence-electron chi connectivity index (χ0n) is 11.1. The molecule has 3 rings (SSSR count). The summed E-state index contributed by atoms with van der Waals surface area (Å²) in [5.74, 6) is 0. The van der Waals surface area contributed by atoms with E-state index in [9.17, 15) is 0 Å². The second-order valence-electron chi connectivity index (χ2n) is 4.42. The Kier molecular flexibility index (Phi) is 3.05. The number of fused-ring (bicyclic) bond motifs is 1. The van der Waals surface area contributed by atoms with Crippen molar-refractivity contribution in [1.82, 2.24) is 24.7 Å². The van der Waals surface area contributed by atoms with Crippen LogP contribution in [0.2, 0.25) is 0 Å². The van der Waals surface area contributed by atoms with Gasteiger partial charge in [-0.05, 0) is 32.2 Å². The molecule has 1 N–H and O–H groups in total. The van der Waals surface area contributed by atoms with E-state index in [1.54, 1.807) is 0 Å². The number of nitrogens with one attached hydrogen (secondary N) is 1. The molecule has 0 radical (unpaired) electrons. The molecule has 1 atom stereocenters. The molecule has 0 aliphatic rings. The summed E-state index contributed by atoms with van der Waals surface area (Å²) in [5, 5.41) is 12.1. The van der Waals surface area contributed by atoms with Crippen molar-refractivity contribution >= 4 is 5.52 Å². The third-order valence-corrected chi connectivity index (χ3v) is 3.40. The van der Waals surface area contributed by atoms with Crippen molar-refractivity contribution in [3.8, 4) is 0 Å². The van der Waals surface area contributed by atoms with Crippen molar-refractivity contribution in [2.45, 2.75) is 19.5 Å². The topological polar surface area (TPSA) is 47.2 Å². The minimum Gasteiger partial charge on any atom is -0.308 e. The summed E-state index contributed by atoms with van der Waals surface area (Å²) in [4.78, 5) is 0. The summed E-state index contributed by atoms with van der Waals surface area (Å²) in [6.07, 6.45) is 5.72. The number of aryl methyl sites for hydroxylation is 1. The lowest BCUT2D eigenvalue weighted by Gasteiger charge is -2.16. The van der Waals surface area contributed by atoms with Gasteiger partial charge in [0.15, 0.2) is 0 Å². The van der Waals surface area contributed by atoms with Gasteiger partial charge in [0.05, 0.1) is 23.4 Å². The Bertz CT molecular complexity index is 682. The van der Waals surface area contributed by atoms with Crippen LogP contribution in [0.25, 0.3) is 5.52 Å². The molecule has 3 aromatic rings. The van der Waals surface area contributed by atoms with Crippen molar-refractivity contribution < 1.29 is 0 Å². The first-order valence-electron chi connectivity index (χ1n) is 6.46. The fourth-order valence-corrected chi connectivity index (χ4v) is 2.49. The summed E-state index contributed by atoms with van der Waals surface area (Å²) in [7, 11) is 1.96. The van der Waals surface area contributed by atoms with E-state index in [0.29, 0.717) is 0 Å². The zero-order valence-corrected chi connectivity index (χ0v) is 11.1. The number of aromatic nitrogens is 4. The molecule has 5 nitrogen and oxygen atoms in total. The van der Waals surface area contributed by atoms with Gasteiger partial charge in [0.1, 0.15) is 0 Å². The Morgan fingerprint density at radius 2 is 2.16 bits per heavy atom. The smallest absolute Gasteiger partial charge is 0.0782 e. The maximum atomic E-state index is 4.40. The van der Waals surface area contributed by atoms with E-state index >= 15 is 0 Å². The average Bonchev–Trinajstić information content (AvgIpc) is 3.07. The van der Waals surface area contributed by atoms with Gasteiger partial charge >= 0.3 is 0 Å². The third kappa shape index (κ3) is 1.92. The highest BCUT2D eigenvalue weighted by Gasteiger charge is 2.19. The predicted octanol–water partition coefficient (Wildman–Crippen LogP) is 1.86. The number of pyridine rings is 1. The quantitative estimate of drug-likeness (QED) is 0.774. The molecule has 98 valence electrons. The Balaban J connectivity index is 2.12. The van der Waals surface area contributed by atoms with Crippen LogP contribution in [0.1, 0.15) is 24.2 Å². The van der Waals surface area contributed by atoms with Crippen LogP contribution in [0, 0.1) is 0 Å². The van der Waals surface area contributed by atoms with Gasteiger partial charge in [0, 0.05) is 24.5 Å². The van der Waals surface area contributed by atoms with Crippen LogP contribution in [0.3, 0.4) is 0 Å². The Morgan fingerprint density at radius 3 is 2.95 bits per heavy atom. The lowest BCUT2D eigenvalue weighted by molar-refractivity contribution is 0.565. The minimum atomic E-state index is 0.0994. The second kappa shape index (κ2) is 4.85. The number of hydrogen-bond donors (Lipinski definition) is 1. The number of rotatable bonds is 4. The van der Waals surface area contributed by atoms with Gasteiger partial charge in [-0.15, -0.1) is 0 Å². The molecule has 0 amide bonds. The molecular weight excluding hydrogens is 238 g/mol. The van der Waals surface area contributed by atoms with Crippen LogP contribution >= 0.6 is 0 Å². The normalized spacial score (nSPS) is 12.9. The first-order chi connectivity index (χ1) is 9.35. The third-order valence-electron chi connectivity index (χ3n) is 3.40. The maximum Gasteiger partial charge on any atom is 0.0782 e. The lowest BCUT2D eigenvalue weighted by atomic mass is 10.1. The molecule has 0 saturated heterocycles. The van der Waals surface area contributed by atoms with Gasteiger partial charge in [-0.2, -0.15) is 10.2 Å². The molecule has 0 spiro atoms. The van der Waals surface area contributed by atoms with Gasteiger partial charge in [-0.3, -0.25) is 4.68 Å². The monoisotopic (exact) mass is 255 g/mol. The van der Waals surface area contributed by atoms with Crippen molar-refractivity contribution in [2.24, 2.45) is 0 Å². The summed E-state index contributed by atoms with van der Waals surface area (Å²) in [5.41, 5.74) is 3.44. The van der Waals surface area contributed by atoms with E-state index in [4.69, 9.17) is 0 Å². The molecule has 0 fully saturated rings. The SMILES string of the molecule is CCn1nccc1C(NC)c1cnn2ccccc12. The van der Waals surface area contributed by atoms with Gasteiger partial charge in [-0.25, -0.2) is 4.52 Å². The van der Waals surface area contributed by atoms with E-state index < -0.39 is 0 Å². The Labute approximate surface area is 111 Å². The van der Waals surface area contributed by atoms with Gasteiger partial charge in [-0.1, -0.05) is 6.07 Å². The van der Waals surface area contributed by atoms with Crippen LogP contribution in [-0.2, 0) is 6.54 Å². The second-order valence-corrected chi connectivity index (χ2v) is 4.42. The van der Waals surface area contributed by atoms with E-state index in [-0.39, 0.29) is 6.04 Å². The summed E-state index contributed by atoms with van der Waals surface area (Å²) in [6.45, 7) is 2.96. The van der Waals surface area contributed by atoms with Gasteiger partial charge in [0.25, 0.3) is 0 Å². The average molecular weight is 255 g/mol. The molecule has 0 bridgehead atoms. The first kappa shape index (κ1) is 11.9. The van der Waals surface area contributed by atoms with Crippen LogP contribution in [0.4, 0.5) is 0 Å². The van der Waals surface area contributed by atoms with Crippen molar-refractivity contribution in [3.05, 3.63) is 54.1 Å². The standard InChI is InChI=1S/C14H17N5/c1-3-18-13(7-8-16-18)14(15-2)11-10-17-19-9-5-4-6-12(11)19/h4-10,14-15H,3H2,1-2H3. The lowest BCUT2D eigenvalue weighted by Crippen LogP contribution is -2.21. The van der Waals surface area contributed by atoms with Crippen LogP contribution < -0.4 is 5.32 Å². The van der Waals surface area contributed by atoms with Crippen LogP contribution in [0.15, 0.2) is 42.9 Å². The largest absolute Gasteiger partial charge is 0.308 e. The molecule has 0 saturated carbocycles. The number of hydrogen-bond acceptors (Lipinski definition) is 3. The molecule has 0 aromatic carbocycles. The highest BCUT2D eigenvalue weighted by molar-refractivity contribution is 5.56. The number of nitrogens with zero attached hydrogens (tertiary/aromatic N) is 4. The zero-order chi connectivity index (χ0) is 13.2. The first-order valence-corrected chi connectivity index (χ1v) is 6.46. The Morgan fingerprint density at radius 1 is 1.26 bits per heavy atom. The maximum absolute atomic E-state index is 4.40. The van der Waals surface area contributed by atoms with Crippen molar-refractivity contribution in [2.75, 3.05) is 7.05 Å². The molecule has 19 heavy (non-hydrogen) atoms.